The van der Waals surface area contributed by atoms with Gasteiger partial charge in [0.25, 0.3) is 0 Å². The molecule has 0 saturated heterocycles. The molecule has 0 fully saturated rings. The molecule has 0 amide bonds. The first-order valence-corrected chi connectivity index (χ1v) is 18.6. The zero-order valence-corrected chi connectivity index (χ0v) is 29.5. The van der Waals surface area contributed by atoms with E-state index < -0.39 is 0 Å². The van der Waals surface area contributed by atoms with Crippen molar-refractivity contribution in [1.29, 1.82) is 0 Å². The minimum Gasteiger partial charge on any atom is -0.455 e. The number of rotatable bonds is 4. The van der Waals surface area contributed by atoms with Crippen LogP contribution in [0.5, 0.6) is 0 Å². The molecule has 0 saturated carbocycles. The lowest BCUT2D eigenvalue weighted by atomic mass is 10.00. The molecule has 8 aromatic carbocycles. The Labute approximate surface area is 315 Å². The second-order valence-corrected chi connectivity index (χ2v) is 14.1. The Kier molecular flexibility index (Phi) is 6.27. The third kappa shape index (κ3) is 4.35. The van der Waals surface area contributed by atoms with Crippen LogP contribution in [-0.4, -0.2) is 19.1 Å². The summed E-state index contributed by atoms with van der Waals surface area (Å²) in [7, 11) is 0. The second kappa shape index (κ2) is 11.5. The standard InChI is InChI=1S/C50H30N4O/c1-3-14-31(15-4-1)46-40-20-7-10-23-42(40)51-50(52-46)54-44-29-26-32(34-21-13-22-39-36-19-9-12-25-45(36)55-49(34)39)30-41(44)38-28-27-37-35-18-8-11-24-43(35)53(47(37)48(38)54)33-16-5-2-6-17-33/h1-30H. The monoisotopic (exact) mass is 702 g/mol. The lowest BCUT2D eigenvalue weighted by Crippen LogP contribution is -2.04. The molecule has 0 unspecified atom stereocenters. The molecule has 0 aliphatic rings. The first-order valence-electron chi connectivity index (χ1n) is 18.6. The number of aromatic nitrogens is 4. The fourth-order valence-corrected chi connectivity index (χ4v) is 8.73. The van der Waals surface area contributed by atoms with E-state index in [2.05, 4.69) is 173 Å². The number of nitrogens with zero attached hydrogens (tertiary/aromatic N) is 4. The highest BCUT2D eigenvalue weighted by Crippen LogP contribution is 2.44. The van der Waals surface area contributed by atoms with Crippen molar-refractivity contribution in [2.45, 2.75) is 0 Å². The van der Waals surface area contributed by atoms with Gasteiger partial charge < -0.3 is 8.98 Å². The van der Waals surface area contributed by atoms with E-state index in [-0.39, 0.29) is 0 Å². The summed E-state index contributed by atoms with van der Waals surface area (Å²) in [5.74, 6) is 0.627. The zero-order chi connectivity index (χ0) is 36.0. The lowest BCUT2D eigenvalue weighted by molar-refractivity contribution is 0.670. The van der Waals surface area contributed by atoms with Crippen LogP contribution in [0.25, 0.3) is 110 Å². The van der Waals surface area contributed by atoms with Gasteiger partial charge in [-0.1, -0.05) is 140 Å². The topological polar surface area (TPSA) is 48.8 Å². The van der Waals surface area contributed by atoms with E-state index in [0.29, 0.717) is 5.95 Å². The van der Waals surface area contributed by atoms with E-state index in [1.165, 1.54) is 10.8 Å². The third-order valence-corrected chi connectivity index (χ3v) is 11.1. The molecule has 0 bridgehead atoms. The fraction of sp³-hybridized carbons (Fsp3) is 0. The predicted molar refractivity (Wildman–Crippen MR) is 226 cm³/mol. The number of benzene rings is 8. The zero-order valence-electron chi connectivity index (χ0n) is 29.5. The molecule has 0 aliphatic carbocycles. The van der Waals surface area contributed by atoms with Gasteiger partial charge in [0.1, 0.15) is 11.2 Å². The highest BCUT2D eigenvalue weighted by molar-refractivity contribution is 6.24. The highest BCUT2D eigenvalue weighted by atomic mass is 16.3. The Morgan fingerprint density at radius 1 is 0.400 bits per heavy atom. The summed E-state index contributed by atoms with van der Waals surface area (Å²) in [6, 6.07) is 64.1. The molecule has 4 aromatic heterocycles. The van der Waals surface area contributed by atoms with E-state index >= 15 is 0 Å². The molecule has 0 atom stereocenters. The largest absolute Gasteiger partial charge is 0.455 e. The van der Waals surface area contributed by atoms with Crippen molar-refractivity contribution in [3.63, 3.8) is 0 Å². The number of fused-ring (bicyclic) bond motifs is 11. The molecule has 256 valence electrons. The van der Waals surface area contributed by atoms with Crippen LogP contribution in [-0.2, 0) is 0 Å². The Balaban J connectivity index is 1.24. The molecule has 0 radical (unpaired) electrons. The van der Waals surface area contributed by atoms with Crippen LogP contribution in [0, 0.1) is 0 Å². The number of hydrogen-bond donors (Lipinski definition) is 0. The molecule has 0 N–H and O–H groups in total. The van der Waals surface area contributed by atoms with Crippen LogP contribution < -0.4 is 0 Å². The van der Waals surface area contributed by atoms with Gasteiger partial charge in [0.05, 0.1) is 33.3 Å². The molecular weight excluding hydrogens is 673 g/mol. The summed E-state index contributed by atoms with van der Waals surface area (Å²) in [6.07, 6.45) is 0. The molecule has 12 rings (SSSR count). The quantitative estimate of drug-likeness (QED) is 0.183. The van der Waals surface area contributed by atoms with E-state index in [1.54, 1.807) is 0 Å². The fourth-order valence-electron chi connectivity index (χ4n) is 8.73. The van der Waals surface area contributed by atoms with Gasteiger partial charge in [0.2, 0.25) is 5.95 Å². The van der Waals surface area contributed by atoms with Crippen molar-refractivity contribution < 1.29 is 4.42 Å². The Morgan fingerprint density at radius 3 is 1.91 bits per heavy atom. The van der Waals surface area contributed by atoms with E-state index in [9.17, 15) is 0 Å². The molecule has 0 aliphatic heterocycles. The van der Waals surface area contributed by atoms with Gasteiger partial charge in [0, 0.05) is 54.5 Å². The maximum absolute atomic E-state index is 6.54. The summed E-state index contributed by atoms with van der Waals surface area (Å²) in [4.78, 5) is 10.8. The van der Waals surface area contributed by atoms with Crippen molar-refractivity contribution in [2.24, 2.45) is 0 Å². The van der Waals surface area contributed by atoms with Gasteiger partial charge in [-0.05, 0) is 48.0 Å². The van der Waals surface area contributed by atoms with Crippen LogP contribution in [0.3, 0.4) is 0 Å². The molecule has 4 heterocycles. The normalized spacial score (nSPS) is 12.0. The highest BCUT2D eigenvalue weighted by Gasteiger charge is 2.24. The first-order chi connectivity index (χ1) is 27.3. The third-order valence-electron chi connectivity index (χ3n) is 11.1. The van der Waals surface area contributed by atoms with E-state index in [1.807, 2.05) is 18.2 Å². The van der Waals surface area contributed by atoms with Gasteiger partial charge >= 0.3 is 0 Å². The molecule has 5 heteroatoms. The van der Waals surface area contributed by atoms with Crippen molar-refractivity contribution in [3.05, 3.63) is 182 Å². The smallest absolute Gasteiger partial charge is 0.235 e. The number of hydrogen-bond acceptors (Lipinski definition) is 3. The van der Waals surface area contributed by atoms with Crippen LogP contribution in [0.2, 0.25) is 0 Å². The summed E-state index contributed by atoms with van der Waals surface area (Å²) >= 11 is 0. The van der Waals surface area contributed by atoms with Crippen LogP contribution in [0.4, 0.5) is 0 Å². The molecule has 0 spiro atoms. The van der Waals surface area contributed by atoms with Gasteiger partial charge in [-0.15, -0.1) is 0 Å². The molecule has 55 heavy (non-hydrogen) atoms. The molecule has 5 nitrogen and oxygen atoms in total. The maximum atomic E-state index is 6.54. The van der Waals surface area contributed by atoms with E-state index in [0.717, 1.165) is 93.8 Å². The Morgan fingerprint density at radius 2 is 1.05 bits per heavy atom. The lowest BCUT2D eigenvalue weighted by Gasteiger charge is -2.13. The summed E-state index contributed by atoms with van der Waals surface area (Å²) < 4.78 is 11.2. The summed E-state index contributed by atoms with van der Waals surface area (Å²) in [6.45, 7) is 0. The second-order valence-electron chi connectivity index (χ2n) is 14.1. The van der Waals surface area contributed by atoms with Gasteiger partial charge in [-0.25, -0.2) is 9.97 Å². The SMILES string of the molecule is c1ccc(-c2nc(-n3c4ccc(-c5cccc6c5oc5ccccc56)cc4c4ccc5c6ccccc6n(-c6ccccc6)c5c43)nc3ccccc23)cc1. The minimum absolute atomic E-state index is 0.627. The van der Waals surface area contributed by atoms with Gasteiger partial charge in [-0.2, -0.15) is 0 Å². The average Bonchev–Trinajstić information content (AvgIpc) is 3.91. The number of furan rings is 1. The molecular formula is C50H30N4O. The van der Waals surface area contributed by atoms with Gasteiger partial charge in [-0.3, -0.25) is 4.57 Å². The average molecular weight is 703 g/mol. The number of para-hydroxylation sites is 5. The van der Waals surface area contributed by atoms with Gasteiger partial charge in [0.15, 0.2) is 0 Å². The summed E-state index contributed by atoms with van der Waals surface area (Å²) in [5, 5.41) is 7.86. The van der Waals surface area contributed by atoms with Crippen molar-refractivity contribution >= 4 is 76.5 Å². The van der Waals surface area contributed by atoms with E-state index in [4.69, 9.17) is 14.4 Å². The first kappa shape index (κ1) is 30.0. The van der Waals surface area contributed by atoms with Crippen molar-refractivity contribution in [3.8, 4) is 34.0 Å². The van der Waals surface area contributed by atoms with Crippen molar-refractivity contribution in [2.75, 3.05) is 0 Å². The Hall–Kier alpha value is -7.50. The predicted octanol–water partition coefficient (Wildman–Crippen LogP) is 13.1. The Bertz CT molecular complexity index is 3480. The van der Waals surface area contributed by atoms with Crippen LogP contribution in [0.1, 0.15) is 0 Å². The molecule has 12 aromatic rings. The van der Waals surface area contributed by atoms with Crippen molar-refractivity contribution in [1.82, 2.24) is 19.1 Å². The maximum Gasteiger partial charge on any atom is 0.235 e. The minimum atomic E-state index is 0.627. The summed E-state index contributed by atoms with van der Waals surface area (Å²) in [5.41, 5.74) is 12.2. The van der Waals surface area contributed by atoms with Crippen LogP contribution in [0.15, 0.2) is 186 Å². The van der Waals surface area contributed by atoms with Crippen LogP contribution >= 0.6 is 0 Å².